The fourth-order valence-corrected chi connectivity index (χ4v) is 3.67. The number of hydrogen-bond acceptors (Lipinski definition) is 7. The van der Waals surface area contributed by atoms with Crippen LogP contribution in [0.3, 0.4) is 0 Å². The average molecular weight is 394 g/mol. The van der Waals surface area contributed by atoms with E-state index in [0.717, 1.165) is 43.8 Å². The van der Waals surface area contributed by atoms with E-state index in [-0.39, 0.29) is 11.9 Å². The lowest BCUT2D eigenvalue weighted by molar-refractivity contribution is 0.0672. The van der Waals surface area contributed by atoms with Crippen molar-refractivity contribution in [1.82, 2.24) is 30.0 Å². The molecule has 1 aliphatic heterocycles. The highest BCUT2D eigenvalue weighted by atomic mass is 16.5. The molecule has 2 fully saturated rings. The average Bonchev–Trinajstić information content (AvgIpc) is 3.29. The van der Waals surface area contributed by atoms with Crippen LogP contribution in [-0.4, -0.2) is 56.1 Å². The third kappa shape index (κ3) is 3.59. The Balaban J connectivity index is 1.28. The molecule has 0 spiro atoms. The first-order valence-electron chi connectivity index (χ1n) is 9.90. The summed E-state index contributed by atoms with van der Waals surface area (Å²) in [5, 5.41) is 12.5. The molecule has 3 aromatic rings. The molecule has 1 saturated carbocycles. The zero-order valence-corrected chi connectivity index (χ0v) is 16.2. The number of ether oxygens (including phenoxy) is 1. The van der Waals surface area contributed by atoms with Crippen molar-refractivity contribution in [3.63, 3.8) is 0 Å². The van der Waals surface area contributed by atoms with Gasteiger partial charge in [0.1, 0.15) is 5.75 Å². The van der Waals surface area contributed by atoms with Gasteiger partial charge in [0.25, 0.3) is 11.8 Å². The van der Waals surface area contributed by atoms with Crippen molar-refractivity contribution in [3.8, 4) is 17.3 Å². The van der Waals surface area contributed by atoms with Crippen molar-refractivity contribution in [1.29, 1.82) is 0 Å². The molecule has 1 unspecified atom stereocenters. The van der Waals surface area contributed by atoms with Crippen LogP contribution in [0.1, 0.15) is 53.8 Å². The number of aromatic nitrogens is 5. The Labute approximate surface area is 167 Å². The molecule has 2 aromatic heterocycles. The molecule has 3 heterocycles. The molecule has 9 heteroatoms. The molecular weight excluding hydrogens is 372 g/mol. The summed E-state index contributed by atoms with van der Waals surface area (Å²) >= 11 is 0. The summed E-state index contributed by atoms with van der Waals surface area (Å²) in [4.78, 5) is 19.2. The quantitative estimate of drug-likeness (QED) is 0.656. The number of piperidine rings is 1. The lowest BCUT2D eigenvalue weighted by atomic mass is 10.0. The maximum atomic E-state index is 12.9. The Bertz CT molecular complexity index is 1010. The van der Waals surface area contributed by atoms with Gasteiger partial charge in [-0.15, -0.1) is 5.10 Å². The van der Waals surface area contributed by atoms with Crippen molar-refractivity contribution >= 4 is 5.91 Å². The van der Waals surface area contributed by atoms with Crippen LogP contribution in [0.4, 0.5) is 0 Å². The minimum Gasteiger partial charge on any atom is -0.497 e. The van der Waals surface area contributed by atoms with Crippen molar-refractivity contribution in [2.24, 2.45) is 0 Å². The van der Waals surface area contributed by atoms with Gasteiger partial charge in [0, 0.05) is 24.6 Å². The number of amides is 1. The zero-order valence-electron chi connectivity index (χ0n) is 16.2. The summed E-state index contributed by atoms with van der Waals surface area (Å²) in [5.74, 6) is 2.34. The first-order chi connectivity index (χ1) is 14.2. The Morgan fingerprint density at radius 2 is 2.03 bits per heavy atom. The predicted molar refractivity (Wildman–Crippen MR) is 102 cm³/mol. The number of methoxy groups -OCH3 is 1. The lowest BCUT2D eigenvalue weighted by Crippen LogP contribution is -2.40. The van der Waals surface area contributed by atoms with Gasteiger partial charge in [0.2, 0.25) is 0 Å². The highest BCUT2D eigenvalue weighted by Gasteiger charge is 2.30. The third-order valence-corrected chi connectivity index (χ3v) is 5.51. The van der Waals surface area contributed by atoms with Gasteiger partial charge in [-0.2, -0.15) is 4.98 Å². The van der Waals surface area contributed by atoms with E-state index >= 15 is 0 Å². The van der Waals surface area contributed by atoms with Crippen molar-refractivity contribution in [2.45, 2.75) is 37.6 Å². The molecule has 29 heavy (non-hydrogen) atoms. The van der Waals surface area contributed by atoms with E-state index in [1.165, 1.54) is 0 Å². The van der Waals surface area contributed by atoms with Gasteiger partial charge < -0.3 is 14.2 Å². The Hall–Kier alpha value is -3.23. The number of hydrogen-bond donors (Lipinski definition) is 0. The van der Waals surface area contributed by atoms with Gasteiger partial charge in [0.05, 0.1) is 19.3 Å². The second-order valence-electron chi connectivity index (χ2n) is 7.59. The fourth-order valence-electron chi connectivity index (χ4n) is 3.67. The Morgan fingerprint density at radius 3 is 2.79 bits per heavy atom. The van der Waals surface area contributed by atoms with Gasteiger partial charge in [-0.25, -0.2) is 4.68 Å². The summed E-state index contributed by atoms with van der Waals surface area (Å²) in [7, 11) is 1.61. The van der Waals surface area contributed by atoms with Crippen molar-refractivity contribution in [3.05, 3.63) is 41.9 Å². The van der Waals surface area contributed by atoms with E-state index in [2.05, 4.69) is 20.5 Å². The SMILES string of the molecule is COc1ccc(C(=O)N2CCCC(n3cc(-c4nc(C5CC5)no4)nn3)C2)cc1. The van der Waals surface area contributed by atoms with E-state index in [0.29, 0.717) is 29.6 Å². The van der Waals surface area contributed by atoms with Crippen LogP contribution in [0.5, 0.6) is 5.75 Å². The number of nitrogens with zero attached hydrogens (tertiary/aromatic N) is 6. The van der Waals surface area contributed by atoms with Crippen LogP contribution < -0.4 is 4.74 Å². The van der Waals surface area contributed by atoms with Crippen molar-refractivity contribution in [2.75, 3.05) is 20.2 Å². The standard InChI is InChI=1S/C20H22N6O3/c1-28-16-8-6-14(7-9-16)20(27)25-10-2-3-15(11-25)26-12-17(22-24-26)19-21-18(23-29-19)13-4-5-13/h6-9,12-13,15H,2-5,10-11H2,1H3. The van der Waals surface area contributed by atoms with Crippen LogP contribution >= 0.6 is 0 Å². The van der Waals surface area contributed by atoms with Crippen LogP contribution in [0.2, 0.25) is 0 Å². The molecule has 150 valence electrons. The maximum Gasteiger partial charge on any atom is 0.280 e. The molecular formula is C20H22N6O3. The first-order valence-corrected chi connectivity index (χ1v) is 9.90. The number of carbonyl (C=O) groups is 1. The Morgan fingerprint density at radius 1 is 1.21 bits per heavy atom. The van der Waals surface area contributed by atoms with Gasteiger partial charge in [-0.05, 0) is 49.9 Å². The minimum atomic E-state index is 0.0173. The maximum absolute atomic E-state index is 12.9. The van der Waals surface area contributed by atoms with Crippen LogP contribution in [0.15, 0.2) is 35.0 Å². The number of benzene rings is 1. The molecule has 1 aliphatic carbocycles. The largest absolute Gasteiger partial charge is 0.497 e. The molecule has 2 aliphatic rings. The summed E-state index contributed by atoms with van der Waals surface area (Å²) in [6, 6.07) is 7.27. The number of likely N-dealkylation sites (tertiary alicyclic amines) is 1. The zero-order chi connectivity index (χ0) is 19.8. The third-order valence-electron chi connectivity index (χ3n) is 5.51. The lowest BCUT2D eigenvalue weighted by Gasteiger charge is -2.32. The van der Waals surface area contributed by atoms with Gasteiger partial charge in [0.15, 0.2) is 11.5 Å². The van der Waals surface area contributed by atoms with Gasteiger partial charge >= 0.3 is 0 Å². The molecule has 0 bridgehead atoms. The van der Waals surface area contributed by atoms with E-state index < -0.39 is 0 Å². The highest BCUT2D eigenvalue weighted by Crippen LogP contribution is 2.38. The molecule has 0 N–H and O–H groups in total. The van der Waals surface area contributed by atoms with Crippen LogP contribution in [0, 0.1) is 0 Å². The van der Waals surface area contributed by atoms with E-state index in [4.69, 9.17) is 9.26 Å². The van der Waals surface area contributed by atoms with E-state index in [9.17, 15) is 4.79 Å². The van der Waals surface area contributed by atoms with E-state index in [1.807, 2.05) is 15.8 Å². The molecule has 9 nitrogen and oxygen atoms in total. The summed E-state index contributed by atoms with van der Waals surface area (Å²) in [5.41, 5.74) is 1.23. The second kappa shape index (κ2) is 7.31. The fraction of sp³-hybridized carbons (Fsp3) is 0.450. The molecule has 0 radical (unpaired) electrons. The smallest absolute Gasteiger partial charge is 0.280 e. The minimum absolute atomic E-state index is 0.0173. The monoisotopic (exact) mass is 394 g/mol. The van der Waals surface area contributed by atoms with E-state index in [1.54, 1.807) is 31.4 Å². The van der Waals surface area contributed by atoms with Crippen LogP contribution in [-0.2, 0) is 0 Å². The molecule has 1 saturated heterocycles. The highest BCUT2D eigenvalue weighted by molar-refractivity contribution is 5.94. The molecule has 1 amide bonds. The van der Waals surface area contributed by atoms with Gasteiger partial charge in [-0.1, -0.05) is 10.4 Å². The Kier molecular flexibility index (Phi) is 4.49. The van der Waals surface area contributed by atoms with Gasteiger partial charge in [-0.3, -0.25) is 4.79 Å². The van der Waals surface area contributed by atoms with Crippen LogP contribution in [0.25, 0.3) is 11.6 Å². The predicted octanol–water partition coefficient (Wildman–Crippen LogP) is 2.69. The summed E-state index contributed by atoms with van der Waals surface area (Å²) in [6.07, 6.45) is 5.91. The second-order valence-corrected chi connectivity index (χ2v) is 7.59. The normalized spacial score (nSPS) is 19.3. The number of rotatable bonds is 5. The topological polar surface area (TPSA) is 99.2 Å². The van der Waals surface area contributed by atoms with Crippen molar-refractivity contribution < 1.29 is 14.1 Å². The molecule has 1 aromatic carbocycles. The summed E-state index contributed by atoms with van der Waals surface area (Å²) < 4.78 is 12.3. The molecule has 1 atom stereocenters. The molecule has 5 rings (SSSR count). The number of carbonyl (C=O) groups excluding carboxylic acids is 1. The first kappa shape index (κ1) is 17.8. The summed E-state index contributed by atoms with van der Waals surface area (Å²) in [6.45, 7) is 1.32.